The minimum absolute atomic E-state index is 0.108. The zero-order valence-electron chi connectivity index (χ0n) is 16.5. The summed E-state index contributed by atoms with van der Waals surface area (Å²) in [5.41, 5.74) is 5.57. The van der Waals surface area contributed by atoms with Crippen LogP contribution >= 0.6 is 11.3 Å². The lowest BCUT2D eigenvalue weighted by Gasteiger charge is -2.07. The van der Waals surface area contributed by atoms with E-state index in [1.165, 1.54) is 18.2 Å². The van der Waals surface area contributed by atoms with Crippen molar-refractivity contribution in [1.82, 2.24) is 5.16 Å². The molecule has 0 aliphatic carbocycles. The minimum Gasteiger partial charge on any atom is -0.398 e. The summed E-state index contributed by atoms with van der Waals surface area (Å²) in [6.45, 7) is 1.33. The quantitative estimate of drug-likeness (QED) is 0.531. The highest BCUT2D eigenvalue weighted by molar-refractivity contribution is 7.90. The van der Waals surface area contributed by atoms with Gasteiger partial charge in [-0.25, -0.2) is 8.42 Å². The highest BCUT2D eigenvalue weighted by Crippen LogP contribution is 2.32. The minimum atomic E-state index is -4.70. The number of halogens is 3. The molecule has 1 aromatic carbocycles. The maximum Gasteiger partial charge on any atom is 0.432 e. The summed E-state index contributed by atoms with van der Waals surface area (Å²) in [5.74, 6) is 0.472. The standard InChI is InChI=1S/C20H18F3N3O3S2/c1-12-8-14(26-29-12)11-25-19(20(21,22)23)10-16(24)18-7-6-17(30-18)13-4-3-5-15(9-13)31(2,27)28/h3-10H,11,24H2,1-2H3/b16-10-,25-19?. The van der Waals surface area contributed by atoms with Crippen molar-refractivity contribution in [2.75, 3.05) is 6.26 Å². The van der Waals surface area contributed by atoms with E-state index in [0.717, 1.165) is 23.7 Å². The number of rotatable bonds is 6. The zero-order valence-corrected chi connectivity index (χ0v) is 18.1. The van der Waals surface area contributed by atoms with Gasteiger partial charge in [-0.3, -0.25) is 4.99 Å². The molecule has 2 N–H and O–H groups in total. The Labute approximate surface area is 180 Å². The Morgan fingerprint density at radius 3 is 2.61 bits per heavy atom. The first-order valence-corrected chi connectivity index (χ1v) is 11.6. The van der Waals surface area contributed by atoms with E-state index in [2.05, 4.69) is 10.1 Å². The average Bonchev–Trinajstić information content (AvgIpc) is 3.33. The van der Waals surface area contributed by atoms with Gasteiger partial charge < -0.3 is 10.3 Å². The summed E-state index contributed by atoms with van der Waals surface area (Å²) < 4.78 is 68.5. The van der Waals surface area contributed by atoms with Crippen LogP contribution in [0.5, 0.6) is 0 Å². The molecule has 0 fully saturated rings. The van der Waals surface area contributed by atoms with Crippen molar-refractivity contribution in [2.24, 2.45) is 10.7 Å². The maximum absolute atomic E-state index is 13.4. The number of sulfone groups is 1. The lowest BCUT2D eigenvalue weighted by atomic mass is 10.2. The number of aromatic nitrogens is 1. The number of alkyl halides is 3. The molecule has 11 heteroatoms. The van der Waals surface area contributed by atoms with E-state index in [-0.39, 0.29) is 22.8 Å². The molecule has 0 saturated carbocycles. The number of aliphatic imine (C=N–C) groups is 1. The molecule has 3 rings (SSSR count). The smallest absolute Gasteiger partial charge is 0.398 e. The van der Waals surface area contributed by atoms with Crippen LogP contribution in [0.4, 0.5) is 13.2 Å². The molecule has 0 bridgehead atoms. The second-order valence-electron chi connectivity index (χ2n) is 6.69. The van der Waals surface area contributed by atoms with Gasteiger partial charge in [-0.05, 0) is 42.8 Å². The molecule has 2 heterocycles. The molecule has 0 saturated heterocycles. The van der Waals surface area contributed by atoms with Crippen molar-refractivity contribution < 1.29 is 26.1 Å². The number of hydrogen-bond acceptors (Lipinski definition) is 7. The Hall–Kier alpha value is -2.92. The molecule has 0 amide bonds. The predicted octanol–water partition coefficient (Wildman–Crippen LogP) is 4.62. The van der Waals surface area contributed by atoms with Crippen molar-refractivity contribution in [3.63, 3.8) is 0 Å². The zero-order chi connectivity index (χ0) is 22.8. The van der Waals surface area contributed by atoms with Gasteiger partial charge >= 0.3 is 6.18 Å². The summed E-state index contributed by atoms with van der Waals surface area (Å²) in [7, 11) is -3.39. The normalized spacial score (nSPS) is 13.6. The average molecular weight is 470 g/mol. The fraction of sp³-hybridized carbons (Fsp3) is 0.200. The van der Waals surface area contributed by atoms with E-state index in [0.29, 0.717) is 21.1 Å². The fourth-order valence-corrected chi connectivity index (χ4v) is 4.22. The monoisotopic (exact) mass is 469 g/mol. The van der Waals surface area contributed by atoms with Crippen LogP contribution in [-0.4, -0.2) is 31.7 Å². The van der Waals surface area contributed by atoms with Crippen LogP contribution in [-0.2, 0) is 16.4 Å². The summed E-state index contributed by atoms with van der Waals surface area (Å²) in [4.78, 5) is 4.81. The van der Waals surface area contributed by atoms with Crippen LogP contribution < -0.4 is 5.73 Å². The largest absolute Gasteiger partial charge is 0.432 e. The first-order valence-electron chi connectivity index (χ1n) is 8.85. The molecule has 31 heavy (non-hydrogen) atoms. The number of nitrogens with zero attached hydrogens (tertiary/aromatic N) is 2. The topological polar surface area (TPSA) is 98.5 Å². The summed E-state index contributed by atoms with van der Waals surface area (Å²) in [6.07, 6.45) is -2.83. The Balaban J connectivity index is 1.89. The third kappa shape index (κ3) is 5.82. The SMILES string of the molecule is Cc1cc(CN=C(/C=C(\N)c2ccc(-c3cccc(S(C)(=O)=O)c3)s2)C(F)(F)F)no1. The Bertz CT molecular complexity index is 1260. The van der Waals surface area contributed by atoms with E-state index >= 15 is 0 Å². The van der Waals surface area contributed by atoms with Gasteiger partial charge in [0.25, 0.3) is 0 Å². The number of aryl methyl sites for hydroxylation is 1. The number of hydrogen-bond donors (Lipinski definition) is 1. The van der Waals surface area contributed by atoms with E-state index in [1.54, 1.807) is 31.2 Å². The lowest BCUT2D eigenvalue weighted by molar-refractivity contribution is -0.0579. The molecule has 0 unspecified atom stereocenters. The first-order chi connectivity index (χ1) is 14.4. The number of nitrogens with two attached hydrogens (primary N) is 1. The van der Waals surface area contributed by atoms with Crippen molar-refractivity contribution in [3.05, 3.63) is 64.9 Å². The number of thiophene rings is 1. The fourth-order valence-electron chi connectivity index (χ4n) is 2.62. The van der Waals surface area contributed by atoms with Crippen LogP contribution in [0.3, 0.4) is 0 Å². The molecule has 3 aromatic rings. The number of allylic oxidation sites excluding steroid dienone is 1. The third-order valence-electron chi connectivity index (χ3n) is 4.11. The molecular weight excluding hydrogens is 451 g/mol. The molecule has 0 radical (unpaired) electrons. The van der Waals surface area contributed by atoms with E-state index in [1.807, 2.05) is 0 Å². The molecule has 0 aliphatic heterocycles. The predicted molar refractivity (Wildman–Crippen MR) is 113 cm³/mol. The lowest BCUT2D eigenvalue weighted by Crippen LogP contribution is -2.22. The van der Waals surface area contributed by atoms with Gasteiger partial charge in [0.2, 0.25) is 0 Å². The molecular formula is C20H18F3N3O3S2. The molecule has 0 spiro atoms. The number of benzene rings is 1. The summed E-state index contributed by atoms with van der Waals surface area (Å²) in [5, 5.41) is 3.63. The van der Waals surface area contributed by atoms with Gasteiger partial charge in [-0.15, -0.1) is 11.3 Å². The Morgan fingerprint density at radius 2 is 2.00 bits per heavy atom. The third-order valence-corrected chi connectivity index (χ3v) is 6.40. The molecule has 164 valence electrons. The Kier molecular flexibility index (Phi) is 6.37. The first kappa shape index (κ1) is 22.8. The molecule has 0 aliphatic rings. The van der Waals surface area contributed by atoms with Crippen molar-refractivity contribution in [2.45, 2.75) is 24.5 Å². The van der Waals surface area contributed by atoms with Crippen LogP contribution in [0.1, 0.15) is 16.3 Å². The molecule has 0 atom stereocenters. The van der Waals surface area contributed by atoms with E-state index < -0.39 is 21.7 Å². The van der Waals surface area contributed by atoms with Gasteiger partial charge in [-0.2, -0.15) is 13.2 Å². The van der Waals surface area contributed by atoms with Gasteiger partial charge in [0, 0.05) is 17.2 Å². The molecule has 6 nitrogen and oxygen atoms in total. The van der Waals surface area contributed by atoms with Gasteiger partial charge in [0.1, 0.15) is 17.2 Å². The van der Waals surface area contributed by atoms with E-state index in [4.69, 9.17) is 10.3 Å². The highest BCUT2D eigenvalue weighted by Gasteiger charge is 2.34. The molecule has 2 aromatic heterocycles. The van der Waals surface area contributed by atoms with Gasteiger partial charge in [-0.1, -0.05) is 17.3 Å². The van der Waals surface area contributed by atoms with Gasteiger partial charge in [0.15, 0.2) is 9.84 Å². The second-order valence-corrected chi connectivity index (χ2v) is 9.79. The van der Waals surface area contributed by atoms with Crippen molar-refractivity contribution in [3.8, 4) is 10.4 Å². The summed E-state index contributed by atoms with van der Waals surface area (Å²) in [6, 6.07) is 11.0. The van der Waals surface area contributed by atoms with Crippen LogP contribution in [0, 0.1) is 6.92 Å². The van der Waals surface area contributed by atoms with Crippen LogP contribution in [0.15, 0.2) is 63.0 Å². The van der Waals surface area contributed by atoms with E-state index in [9.17, 15) is 21.6 Å². The van der Waals surface area contributed by atoms with Gasteiger partial charge in [0.05, 0.1) is 22.0 Å². The Morgan fingerprint density at radius 1 is 1.26 bits per heavy atom. The van der Waals surface area contributed by atoms with Crippen LogP contribution in [0.2, 0.25) is 0 Å². The summed E-state index contributed by atoms with van der Waals surface area (Å²) >= 11 is 1.15. The highest BCUT2D eigenvalue weighted by atomic mass is 32.2. The van der Waals surface area contributed by atoms with Crippen molar-refractivity contribution >= 4 is 32.6 Å². The van der Waals surface area contributed by atoms with Crippen molar-refractivity contribution in [1.29, 1.82) is 0 Å². The second kappa shape index (κ2) is 8.67. The van der Waals surface area contributed by atoms with Crippen LogP contribution in [0.25, 0.3) is 16.1 Å². The maximum atomic E-state index is 13.4.